The van der Waals surface area contributed by atoms with E-state index in [4.69, 9.17) is 0 Å². The molecule has 0 amide bonds. The van der Waals surface area contributed by atoms with Gasteiger partial charge in [0.1, 0.15) is 0 Å². The highest BCUT2D eigenvalue weighted by molar-refractivity contribution is 5.62. The predicted octanol–water partition coefficient (Wildman–Crippen LogP) is 2.28. The molecule has 3 unspecified atom stereocenters. The summed E-state index contributed by atoms with van der Waals surface area (Å²) in [5.41, 5.74) is 2.43. The lowest BCUT2D eigenvalue weighted by molar-refractivity contribution is 0.0494. The van der Waals surface area contributed by atoms with Crippen LogP contribution in [0.3, 0.4) is 0 Å². The highest BCUT2D eigenvalue weighted by Gasteiger charge is 2.49. The number of benzene rings is 1. The second kappa shape index (κ2) is 2.99. The van der Waals surface area contributed by atoms with Crippen LogP contribution >= 0.6 is 0 Å². The van der Waals surface area contributed by atoms with E-state index in [0.717, 1.165) is 12.8 Å². The van der Waals surface area contributed by atoms with Crippen molar-refractivity contribution in [3.63, 3.8) is 0 Å². The third-order valence-corrected chi connectivity index (χ3v) is 4.22. The quantitative estimate of drug-likeness (QED) is 0.678. The molecule has 1 aliphatic heterocycles. The fraction of sp³-hybridized carbons (Fsp3) is 0.538. The first kappa shape index (κ1) is 9.22. The zero-order chi connectivity index (χ0) is 10.5. The molecule has 3 atom stereocenters. The maximum atomic E-state index is 10.2. The average molecular weight is 203 g/mol. The number of aliphatic hydroxyl groups is 1. The van der Waals surface area contributed by atoms with Gasteiger partial charge in [-0.15, -0.1) is 0 Å². The van der Waals surface area contributed by atoms with Crippen molar-refractivity contribution in [3.8, 4) is 0 Å². The van der Waals surface area contributed by atoms with E-state index in [2.05, 4.69) is 36.5 Å². The van der Waals surface area contributed by atoms with Crippen LogP contribution in [0.2, 0.25) is 0 Å². The van der Waals surface area contributed by atoms with Crippen LogP contribution in [0.15, 0.2) is 24.3 Å². The third-order valence-electron chi connectivity index (χ3n) is 4.22. The van der Waals surface area contributed by atoms with E-state index in [1.807, 2.05) is 0 Å². The number of anilines is 1. The molecular weight excluding hydrogens is 186 g/mol. The van der Waals surface area contributed by atoms with Crippen molar-refractivity contribution in [2.24, 2.45) is 0 Å². The molecule has 2 aliphatic rings. The van der Waals surface area contributed by atoms with Crippen molar-refractivity contribution < 1.29 is 5.11 Å². The van der Waals surface area contributed by atoms with Crippen molar-refractivity contribution in [1.29, 1.82) is 0 Å². The van der Waals surface area contributed by atoms with E-state index in [0.29, 0.717) is 6.04 Å². The standard InChI is InChI=1S/C13H17NO/c1-13-9-5-2-3-6-10(9)14-11(13)7-4-8-12(13)15/h2-3,5-6,11-12,14-15H,4,7-8H2,1H3. The van der Waals surface area contributed by atoms with Gasteiger partial charge in [0.05, 0.1) is 6.10 Å². The van der Waals surface area contributed by atoms with Gasteiger partial charge in [0, 0.05) is 17.1 Å². The average Bonchev–Trinajstić information content (AvgIpc) is 2.55. The lowest BCUT2D eigenvalue weighted by Gasteiger charge is -2.40. The van der Waals surface area contributed by atoms with Crippen molar-refractivity contribution in [2.75, 3.05) is 5.32 Å². The molecule has 0 radical (unpaired) electrons. The Morgan fingerprint density at radius 2 is 2.13 bits per heavy atom. The van der Waals surface area contributed by atoms with Gasteiger partial charge in [-0.05, 0) is 30.9 Å². The third kappa shape index (κ3) is 1.08. The Bertz CT molecular complexity index is 390. The van der Waals surface area contributed by atoms with Gasteiger partial charge in [0.15, 0.2) is 0 Å². The SMILES string of the molecule is CC12c3ccccc3NC1CCCC2O. The van der Waals surface area contributed by atoms with Gasteiger partial charge in [0.2, 0.25) is 0 Å². The van der Waals surface area contributed by atoms with Gasteiger partial charge >= 0.3 is 0 Å². The van der Waals surface area contributed by atoms with Crippen LogP contribution in [0.4, 0.5) is 5.69 Å². The Kier molecular flexibility index (Phi) is 1.84. The van der Waals surface area contributed by atoms with E-state index in [1.165, 1.54) is 17.7 Å². The Labute approximate surface area is 90.3 Å². The summed E-state index contributed by atoms with van der Waals surface area (Å²) in [5.74, 6) is 0. The number of nitrogens with one attached hydrogen (secondary N) is 1. The molecule has 15 heavy (non-hydrogen) atoms. The van der Waals surface area contributed by atoms with Crippen LogP contribution < -0.4 is 5.32 Å². The zero-order valence-electron chi connectivity index (χ0n) is 9.03. The molecule has 2 heteroatoms. The van der Waals surface area contributed by atoms with E-state index in [9.17, 15) is 5.11 Å². The Morgan fingerprint density at radius 3 is 3.00 bits per heavy atom. The minimum absolute atomic E-state index is 0.0746. The fourth-order valence-electron chi connectivity index (χ4n) is 3.20. The summed E-state index contributed by atoms with van der Waals surface area (Å²) in [6.07, 6.45) is 3.03. The van der Waals surface area contributed by atoms with Crippen molar-refractivity contribution in [2.45, 2.75) is 43.7 Å². The van der Waals surface area contributed by atoms with E-state index < -0.39 is 0 Å². The van der Waals surface area contributed by atoms with Crippen LogP contribution in [0.1, 0.15) is 31.7 Å². The molecule has 1 saturated carbocycles. The van der Waals surface area contributed by atoms with E-state index >= 15 is 0 Å². The molecule has 1 heterocycles. The normalized spacial score (nSPS) is 38.0. The smallest absolute Gasteiger partial charge is 0.0654 e. The van der Waals surface area contributed by atoms with Gasteiger partial charge in [-0.3, -0.25) is 0 Å². The topological polar surface area (TPSA) is 32.3 Å². The molecule has 80 valence electrons. The highest BCUT2D eigenvalue weighted by atomic mass is 16.3. The predicted molar refractivity (Wildman–Crippen MR) is 61.1 cm³/mol. The molecule has 1 aromatic rings. The summed E-state index contributed by atoms with van der Waals surface area (Å²) in [6.45, 7) is 2.19. The lowest BCUT2D eigenvalue weighted by Crippen LogP contribution is -2.49. The Hall–Kier alpha value is -1.02. The number of hydrogen-bond donors (Lipinski definition) is 2. The monoisotopic (exact) mass is 203 g/mol. The summed E-state index contributed by atoms with van der Waals surface area (Å²) >= 11 is 0. The molecule has 0 aromatic heterocycles. The van der Waals surface area contributed by atoms with Crippen LogP contribution in [0, 0.1) is 0 Å². The number of fused-ring (bicyclic) bond motifs is 3. The molecule has 0 saturated heterocycles. The summed E-state index contributed by atoms with van der Waals surface area (Å²) in [6, 6.07) is 8.80. The fourth-order valence-corrected chi connectivity index (χ4v) is 3.20. The molecular formula is C13H17NO. The maximum Gasteiger partial charge on any atom is 0.0654 e. The molecule has 3 rings (SSSR count). The second-order valence-electron chi connectivity index (χ2n) is 4.97. The van der Waals surface area contributed by atoms with Gasteiger partial charge in [-0.25, -0.2) is 0 Å². The minimum Gasteiger partial charge on any atom is -0.392 e. The molecule has 0 spiro atoms. The highest BCUT2D eigenvalue weighted by Crippen LogP contribution is 2.48. The summed E-state index contributed by atoms with van der Waals surface area (Å²) in [4.78, 5) is 0. The largest absolute Gasteiger partial charge is 0.392 e. The van der Waals surface area contributed by atoms with Gasteiger partial charge in [-0.1, -0.05) is 25.1 Å². The number of hydrogen-bond acceptors (Lipinski definition) is 2. The van der Waals surface area contributed by atoms with E-state index in [1.54, 1.807) is 0 Å². The summed E-state index contributed by atoms with van der Waals surface area (Å²) in [5, 5.41) is 13.8. The van der Waals surface area contributed by atoms with Crippen LogP contribution in [0.5, 0.6) is 0 Å². The first-order chi connectivity index (χ1) is 7.23. The first-order valence-corrected chi connectivity index (χ1v) is 5.77. The molecule has 1 aromatic carbocycles. The molecule has 2 nitrogen and oxygen atoms in total. The lowest BCUT2D eigenvalue weighted by atomic mass is 9.68. The Balaban J connectivity index is 2.13. The Morgan fingerprint density at radius 1 is 1.33 bits per heavy atom. The van der Waals surface area contributed by atoms with Crippen LogP contribution in [-0.4, -0.2) is 17.3 Å². The first-order valence-electron chi connectivity index (χ1n) is 5.77. The number of aliphatic hydroxyl groups excluding tert-OH is 1. The van der Waals surface area contributed by atoms with E-state index in [-0.39, 0.29) is 11.5 Å². The van der Waals surface area contributed by atoms with Crippen LogP contribution in [-0.2, 0) is 5.41 Å². The molecule has 1 fully saturated rings. The van der Waals surface area contributed by atoms with Crippen molar-refractivity contribution in [1.82, 2.24) is 0 Å². The minimum atomic E-state index is -0.201. The zero-order valence-corrected chi connectivity index (χ0v) is 9.03. The van der Waals surface area contributed by atoms with Crippen molar-refractivity contribution >= 4 is 5.69 Å². The number of para-hydroxylation sites is 1. The molecule has 2 N–H and O–H groups in total. The van der Waals surface area contributed by atoms with Gasteiger partial charge in [-0.2, -0.15) is 0 Å². The number of rotatable bonds is 0. The van der Waals surface area contributed by atoms with Gasteiger partial charge < -0.3 is 10.4 Å². The summed E-state index contributed by atoms with van der Waals surface area (Å²) in [7, 11) is 0. The molecule has 0 bridgehead atoms. The maximum absolute atomic E-state index is 10.2. The second-order valence-corrected chi connectivity index (χ2v) is 4.97. The van der Waals surface area contributed by atoms with Gasteiger partial charge in [0.25, 0.3) is 0 Å². The summed E-state index contributed by atoms with van der Waals surface area (Å²) < 4.78 is 0. The van der Waals surface area contributed by atoms with Crippen molar-refractivity contribution in [3.05, 3.63) is 29.8 Å². The van der Waals surface area contributed by atoms with Crippen LogP contribution in [0.25, 0.3) is 0 Å². The molecule has 1 aliphatic carbocycles.